The molecule has 1 atom stereocenters. The number of rotatable bonds is 9. The minimum absolute atomic E-state index is 0.00796. The average molecular weight is 527 g/mol. The van der Waals surface area contributed by atoms with E-state index in [1.165, 1.54) is 4.88 Å². The smallest absolute Gasteiger partial charge is 0.258 e. The van der Waals surface area contributed by atoms with E-state index in [-0.39, 0.29) is 30.3 Å². The van der Waals surface area contributed by atoms with E-state index in [0.717, 1.165) is 12.0 Å². The van der Waals surface area contributed by atoms with Gasteiger partial charge in [0.25, 0.3) is 5.91 Å². The molecule has 36 heavy (non-hydrogen) atoms. The summed E-state index contributed by atoms with van der Waals surface area (Å²) in [5.41, 5.74) is 1.56. The third kappa shape index (κ3) is 6.02. The van der Waals surface area contributed by atoms with Crippen molar-refractivity contribution in [2.24, 2.45) is 5.92 Å². The highest BCUT2D eigenvalue weighted by molar-refractivity contribution is 7.10. The van der Waals surface area contributed by atoms with Crippen molar-refractivity contribution in [2.75, 3.05) is 33.4 Å². The summed E-state index contributed by atoms with van der Waals surface area (Å²) in [6.07, 6.45) is 0.792. The highest BCUT2D eigenvalue weighted by Gasteiger charge is 2.34. The molecule has 0 radical (unpaired) electrons. The first kappa shape index (κ1) is 26.0. The molecule has 0 saturated heterocycles. The van der Waals surface area contributed by atoms with E-state index in [9.17, 15) is 9.59 Å². The van der Waals surface area contributed by atoms with Crippen molar-refractivity contribution < 1.29 is 19.1 Å². The van der Waals surface area contributed by atoms with Crippen LogP contribution in [0.2, 0.25) is 5.02 Å². The highest BCUT2D eigenvalue weighted by atomic mass is 35.5. The molecule has 2 heterocycles. The summed E-state index contributed by atoms with van der Waals surface area (Å²) < 4.78 is 11.5. The van der Waals surface area contributed by atoms with Gasteiger partial charge >= 0.3 is 0 Å². The number of hydrogen-bond donors (Lipinski definition) is 0. The predicted molar refractivity (Wildman–Crippen MR) is 143 cm³/mol. The van der Waals surface area contributed by atoms with Gasteiger partial charge in [0.2, 0.25) is 5.91 Å². The molecule has 2 aromatic carbocycles. The lowest BCUT2D eigenvalue weighted by Gasteiger charge is -2.37. The monoisotopic (exact) mass is 526 g/mol. The molecule has 190 valence electrons. The van der Waals surface area contributed by atoms with Crippen molar-refractivity contribution in [3.05, 3.63) is 81.0 Å². The molecule has 1 aliphatic heterocycles. The fraction of sp³-hybridized carbons (Fsp3) is 0.357. The fourth-order valence-electron chi connectivity index (χ4n) is 4.49. The molecule has 8 heteroatoms. The van der Waals surface area contributed by atoms with Gasteiger partial charge < -0.3 is 19.3 Å². The van der Waals surface area contributed by atoms with Gasteiger partial charge in [0.1, 0.15) is 24.7 Å². The molecule has 0 unspecified atom stereocenters. The summed E-state index contributed by atoms with van der Waals surface area (Å²) in [4.78, 5) is 32.0. The minimum atomic E-state index is -0.231. The van der Waals surface area contributed by atoms with Gasteiger partial charge in [0.05, 0.1) is 18.7 Å². The Bertz CT molecular complexity index is 1190. The van der Waals surface area contributed by atoms with Gasteiger partial charge in [0.15, 0.2) is 0 Å². The highest BCUT2D eigenvalue weighted by Crippen LogP contribution is 2.34. The number of methoxy groups -OCH3 is 1. The first-order chi connectivity index (χ1) is 17.4. The van der Waals surface area contributed by atoms with Crippen LogP contribution < -0.4 is 9.47 Å². The maximum absolute atomic E-state index is 13.7. The van der Waals surface area contributed by atoms with Crippen molar-refractivity contribution in [1.82, 2.24) is 9.80 Å². The van der Waals surface area contributed by atoms with Gasteiger partial charge in [0, 0.05) is 23.0 Å². The van der Waals surface area contributed by atoms with E-state index >= 15 is 0 Å². The Hall–Kier alpha value is -3.03. The van der Waals surface area contributed by atoms with Crippen LogP contribution in [0.5, 0.6) is 11.5 Å². The maximum atomic E-state index is 13.7. The second kappa shape index (κ2) is 11.8. The van der Waals surface area contributed by atoms with Crippen LogP contribution in [0.1, 0.15) is 40.7 Å². The lowest BCUT2D eigenvalue weighted by atomic mass is 10.00. The van der Waals surface area contributed by atoms with Gasteiger partial charge in [-0.25, -0.2) is 0 Å². The van der Waals surface area contributed by atoms with E-state index in [4.69, 9.17) is 21.1 Å². The van der Waals surface area contributed by atoms with Crippen molar-refractivity contribution in [3.63, 3.8) is 0 Å². The Balaban J connectivity index is 1.55. The molecular formula is C28H31ClN2O4S. The molecule has 2 amide bonds. The van der Waals surface area contributed by atoms with Crippen LogP contribution in [0.3, 0.4) is 0 Å². The second-order valence-corrected chi connectivity index (χ2v) is 10.6. The number of fused-ring (bicyclic) bond motifs is 1. The van der Waals surface area contributed by atoms with E-state index in [1.54, 1.807) is 53.7 Å². The fourth-order valence-corrected chi connectivity index (χ4v) is 5.54. The van der Waals surface area contributed by atoms with Crippen LogP contribution in [0.15, 0.2) is 60.0 Å². The number of hydrogen-bond acceptors (Lipinski definition) is 5. The summed E-state index contributed by atoms with van der Waals surface area (Å²) in [7, 11) is 1.54. The topological polar surface area (TPSA) is 59.1 Å². The Morgan fingerprint density at radius 3 is 2.61 bits per heavy atom. The molecule has 0 aliphatic carbocycles. The molecule has 1 aliphatic rings. The lowest BCUT2D eigenvalue weighted by molar-refractivity contribution is -0.135. The van der Waals surface area contributed by atoms with E-state index in [1.807, 2.05) is 36.9 Å². The standard InChI is InChI=1S/C28H31ClN2O4S/c1-19(2)16-30(28(33)23-6-4-5-7-25(23)34-3)17-27(32)31-14-12-26-22(13-15-36-26)24(31)18-35-21-10-8-20(29)9-11-21/h4-11,13,15,19,24H,12,14,16-18H2,1-3H3/t24-/m0/s1. The zero-order chi connectivity index (χ0) is 25.7. The van der Waals surface area contributed by atoms with Crippen molar-refractivity contribution in [1.29, 1.82) is 0 Å². The van der Waals surface area contributed by atoms with E-state index in [0.29, 0.717) is 41.8 Å². The largest absolute Gasteiger partial charge is 0.496 e. The SMILES string of the molecule is COc1ccccc1C(=O)N(CC(=O)N1CCc2sccc2[C@@H]1COc1ccc(Cl)cc1)CC(C)C. The quantitative estimate of drug-likeness (QED) is 0.358. The second-order valence-electron chi connectivity index (χ2n) is 9.20. The molecule has 1 aromatic heterocycles. The number of thiophene rings is 1. The Morgan fingerprint density at radius 2 is 1.89 bits per heavy atom. The number of carbonyl (C=O) groups is 2. The van der Waals surface area contributed by atoms with Crippen LogP contribution in [0.25, 0.3) is 0 Å². The number of benzene rings is 2. The van der Waals surface area contributed by atoms with Crippen LogP contribution in [0, 0.1) is 5.92 Å². The molecule has 0 N–H and O–H groups in total. The van der Waals surface area contributed by atoms with Crippen molar-refractivity contribution in [2.45, 2.75) is 26.3 Å². The molecule has 6 nitrogen and oxygen atoms in total. The third-order valence-electron chi connectivity index (χ3n) is 6.17. The summed E-state index contributed by atoms with van der Waals surface area (Å²) >= 11 is 7.71. The van der Waals surface area contributed by atoms with Crippen LogP contribution >= 0.6 is 22.9 Å². The first-order valence-electron chi connectivity index (χ1n) is 12.0. The van der Waals surface area contributed by atoms with Crippen LogP contribution in [0.4, 0.5) is 0 Å². The van der Waals surface area contributed by atoms with Gasteiger partial charge in [-0.2, -0.15) is 0 Å². The first-order valence-corrected chi connectivity index (χ1v) is 13.3. The average Bonchev–Trinajstić information content (AvgIpc) is 3.36. The number of amides is 2. The normalized spacial score (nSPS) is 14.9. The van der Waals surface area contributed by atoms with Gasteiger partial charge in [-0.05, 0) is 65.7 Å². The van der Waals surface area contributed by atoms with Crippen LogP contribution in [-0.4, -0.2) is 55.0 Å². The summed E-state index contributed by atoms with van der Waals surface area (Å²) in [6, 6.07) is 16.2. The zero-order valence-electron chi connectivity index (χ0n) is 20.8. The number of ether oxygens (including phenoxy) is 2. The van der Waals surface area contributed by atoms with Gasteiger partial charge in [-0.3, -0.25) is 9.59 Å². The number of para-hydroxylation sites is 1. The van der Waals surface area contributed by atoms with E-state index in [2.05, 4.69) is 11.4 Å². The van der Waals surface area contributed by atoms with Gasteiger partial charge in [-0.15, -0.1) is 11.3 Å². The van der Waals surface area contributed by atoms with E-state index < -0.39 is 0 Å². The van der Waals surface area contributed by atoms with Crippen molar-refractivity contribution >= 4 is 34.8 Å². The molecule has 0 bridgehead atoms. The number of carbonyl (C=O) groups excluding carboxylic acids is 2. The summed E-state index contributed by atoms with van der Waals surface area (Å²) in [5.74, 6) is 1.09. The third-order valence-corrected chi connectivity index (χ3v) is 7.42. The van der Waals surface area contributed by atoms with Crippen LogP contribution in [-0.2, 0) is 11.2 Å². The maximum Gasteiger partial charge on any atom is 0.258 e. The minimum Gasteiger partial charge on any atom is -0.496 e. The summed E-state index contributed by atoms with van der Waals surface area (Å²) in [5, 5.41) is 2.70. The molecule has 4 rings (SSSR count). The molecule has 0 fully saturated rings. The zero-order valence-corrected chi connectivity index (χ0v) is 22.3. The molecule has 3 aromatic rings. The Kier molecular flexibility index (Phi) is 8.54. The Labute approximate surface area is 221 Å². The summed E-state index contributed by atoms with van der Waals surface area (Å²) in [6.45, 7) is 5.43. The lowest BCUT2D eigenvalue weighted by Crippen LogP contribution is -2.48. The Morgan fingerprint density at radius 1 is 1.14 bits per heavy atom. The van der Waals surface area contributed by atoms with Gasteiger partial charge in [-0.1, -0.05) is 37.6 Å². The molecular weight excluding hydrogens is 496 g/mol. The molecule has 0 spiro atoms. The number of halogens is 1. The molecule has 0 saturated carbocycles. The predicted octanol–water partition coefficient (Wildman–Crippen LogP) is 5.71. The number of nitrogens with zero attached hydrogens (tertiary/aromatic N) is 2. The van der Waals surface area contributed by atoms with Crippen molar-refractivity contribution in [3.8, 4) is 11.5 Å².